The number of carbonyl (C=O) groups is 1. The molecule has 1 aliphatic rings. The molecule has 3 aromatic rings. The van der Waals surface area contributed by atoms with Crippen molar-refractivity contribution < 1.29 is 4.79 Å². The van der Waals surface area contributed by atoms with Crippen LogP contribution in [-0.2, 0) is 0 Å². The van der Waals surface area contributed by atoms with E-state index >= 15 is 0 Å². The first kappa shape index (κ1) is 19.1. The molecule has 148 valence electrons. The Morgan fingerprint density at radius 3 is 2.89 bits per heavy atom. The predicted octanol–water partition coefficient (Wildman–Crippen LogP) is 3.96. The van der Waals surface area contributed by atoms with Gasteiger partial charge in [-0.15, -0.1) is 11.3 Å². The normalized spacial score (nSPS) is 24.4. The number of amides is 1. The molecule has 0 spiro atoms. The van der Waals surface area contributed by atoms with Gasteiger partial charge in [-0.2, -0.15) is 0 Å². The highest BCUT2D eigenvalue weighted by molar-refractivity contribution is 7.13. The summed E-state index contributed by atoms with van der Waals surface area (Å²) in [4.78, 5) is 26.4. The first-order valence-electron chi connectivity index (χ1n) is 9.68. The number of hydrogen-bond donors (Lipinski definition) is 3. The van der Waals surface area contributed by atoms with Gasteiger partial charge >= 0.3 is 0 Å². The number of thiophene rings is 1. The molecule has 0 saturated heterocycles. The summed E-state index contributed by atoms with van der Waals surface area (Å²) < 4.78 is 0. The zero-order chi connectivity index (χ0) is 19.9. The lowest BCUT2D eigenvalue weighted by molar-refractivity contribution is 0.0670. The maximum atomic E-state index is 13.1. The Hall–Kier alpha value is -2.25. The van der Waals surface area contributed by atoms with Crippen molar-refractivity contribution in [3.05, 3.63) is 35.3 Å². The maximum Gasteiger partial charge on any atom is 0.253 e. The van der Waals surface area contributed by atoms with Crippen LogP contribution in [0.3, 0.4) is 0 Å². The molecule has 0 aliphatic heterocycles. The van der Waals surface area contributed by atoms with Crippen LogP contribution in [0.2, 0.25) is 0 Å². The van der Waals surface area contributed by atoms with Gasteiger partial charge < -0.3 is 16.0 Å². The van der Waals surface area contributed by atoms with Crippen molar-refractivity contribution in [2.75, 3.05) is 6.54 Å². The molecule has 1 saturated carbocycles. The van der Waals surface area contributed by atoms with Crippen LogP contribution in [0, 0.1) is 10.8 Å². The van der Waals surface area contributed by atoms with E-state index < -0.39 is 0 Å². The van der Waals surface area contributed by atoms with Crippen molar-refractivity contribution in [1.29, 1.82) is 0 Å². The number of nitrogens with zero attached hydrogens (tertiary/aromatic N) is 2. The summed E-state index contributed by atoms with van der Waals surface area (Å²) in [5.74, 6) is 0.644. The molecule has 3 aromatic heterocycles. The molecule has 1 amide bonds. The van der Waals surface area contributed by atoms with Crippen LogP contribution in [0.4, 0.5) is 0 Å². The largest absolute Gasteiger partial charge is 0.349 e. The van der Waals surface area contributed by atoms with Gasteiger partial charge in [-0.1, -0.05) is 26.8 Å². The average Bonchev–Trinajstić information content (AvgIpc) is 3.28. The highest BCUT2D eigenvalue weighted by atomic mass is 32.1. The summed E-state index contributed by atoms with van der Waals surface area (Å²) in [6.45, 7) is 7.36. The number of nitrogens with two attached hydrogens (primary N) is 1. The molecule has 4 N–H and O–H groups in total. The van der Waals surface area contributed by atoms with Crippen LogP contribution in [0.5, 0.6) is 0 Å². The number of nitrogens with one attached hydrogen (secondary N) is 2. The third-order valence-electron chi connectivity index (χ3n) is 5.66. The fourth-order valence-corrected chi connectivity index (χ4v) is 5.45. The fourth-order valence-electron chi connectivity index (χ4n) is 4.78. The van der Waals surface area contributed by atoms with Crippen LogP contribution in [-0.4, -0.2) is 33.4 Å². The molecule has 0 radical (unpaired) electrons. The number of H-pyrrole nitrogens is 1. The van der Waals surface area contributed by atoms with E-state index in [1.807, 2.05) is 17.5 Å². The molecular weight excluding hydrogens is 370 g/mol. The standard InChI is InChI=1S/C21H27N5OS/c1-20(2)9-13(10-21(3,11-20)12-22)24-19(27)14-6-7-23-18-16(14)25-17(26-18)15-5-4-8-28-15/h4-8,13H,9-12,22H2,1-3H3,(H,24,27)(H,23,25,26). The number of pyridine rings is 1. The average molecular weight is 398 g/mol. The summed E-state index contributed by atoms with van der Waals surface area (Å²) in [6, 6.07) is 5.82. The number of imidazole rings is 1. The topological polar surface area (TPSA) is 96.7 Å². The SMILES string of the molecule is CC1(C)CC(NC(=O)c2ccnc3[nH]c(-c4cccs4)nc23)CC(C)(CN)C1. The Kier molecular flexibility index (Phi) is 4.75. The van der Waals surface area contributed by atoms with Gasteiger partial charge in [0.25, 0.3) is 5.91 Å². The minimum atomic E-state index is -0.0984. The van der Waals surface area contributed by atoms with Gasteiger partial charge in [0.1, 0.15) is 11.3 Å². The van der Waals surface area contributed by atoms with Crippen molar-refractivity contribution in [2.24, 2.45) is 16.6 Å². The third-order valence-corrected chi connectivity index (χ3v) is 6.53. The molecule has 1 aliphatic carbocycles. The molecule has 6 nitrogen and oxygen atoms in total. The minimum absolute atomic E-state index is 0.0476. The Morgan fingerprint density at radius 1 is 1.36 bits per heavy atom. The van der Waals surface area contributed by atoms with Crippen molar-refractivity contribution in [3.63, 3.8) is 0 Å². The van der Waals surface area contributed by atoms with E-state index in [1.54, 1.807) is 23.6 Å². The zero-order valence-electron chi connectivity index (χ0n) is 16.6. The molecule has 3 heterocycles. The molecular formula is C21H27N5OS. The van der Waals surface area contributed by atoms with Crippen molar-refractivity contribution in [3.8, 4) is 10.7 Å². The molecule has 0 bridgehead atoms. The molecule has 4 rings (SSSR count). The van der Waals surface area contributed by atoms with Crippen molar-refractivity contribution in [2.45, 2.75) is 46.1 Å². The predicted molar refractivity (Wildman–Crippen MR) is 113 cm³/mol. The summed E-state index contributed by atoms with van der Waals surface area (Å²) in [7, 11) is 0. The van der Waals surface area contributed by atoms with E-state index in [-0.39, 0.29) is 22.8 Å². The maximum absolute atomic E-state index is 13.1. The fraction of sp³-hybridized carbons (Fsp3) is 0.476. The molecule has 1 fully saturated rings. The molecule has 2 unspecified atom stereocenters. The summed E-state index contributed by atoms with van der Waals surface area (Å²) in [5.41, 5.74) is 8.05. The number of fused-ring (bicyclic) bond motifs is 1. The Labute approximate surface area is 169 Å². The van der Waals surface area contributed by atoms with Crippen LogP contribution in [0.15, 0.2) is 29.8 Å². The number of rotatable bonds is 4. The van der Waals surface area contributed by atoms with E-state index in [1.165, 1.54) is 0 Å². The van der Waals surface area contributed by atoms with E-state index in [2.05, 4.69) is 41.0 Å². The smallest absolute Gasteiger partial charge is 0.253 e. The van der Waals surface area contributed by atoms with Gasteiger partial charge in [0.15, 0.2) is 5.65 Å². The van der Waals surface area contributed by atoms with Crippen LogP contribution in [0.25, 0.3) is 21.9 Å². The first-order chi connectivity index (χ1) is 13.3. The lowest BCUT2D eigenvalue weighted by atomic mass is 9.62. The van der Waals surface area contributed by atoms with E-state index in [0.717, 1.165) is 30.0 Å². The Bertz CT molecular complexity index is 994. The van der Waals surface area contributed by atoms with Gasteiger partial charge in [0.2, 0.25) is 0 Å². The zero-order valence-corrected chi connectivity index (χ0v) is 17.4. The lowest BCUT2D eigenvalue weighted by Crippen LogP contribution is -2.49. The minimum Gasteiger partial charge on any atom is -0.349 e. The second-order valence-electron chi connectivity index (χ2n) is 9.05. The highest BCUT2D eigenvalue weighted by Crippen LogP contribution is 2.45. The van der Waals surface area contributed by atoms with Gasteiger partial charge in [0.05, 0.1) is 10.4 Å². The highest BCUT2D eigenvalue weighted by Gasteiger charge is 2.41. The second kappa shape index (κ2) is 6.97. The third kappa shape index (κ3) is 3.69. The van der Waals surface area contributed by atoms with E-state index in [4.69, 9.17) is 5.73 Å². The monoisotopic (exact) mass is 397 g/mol. The number of aromatic nitrogens is 3. The summed E-state index contributed by atoms with van der Waals surface area (Å²) >= 11 is 1.60. The summed E-state index contributed by atoms with van der Waals surface area (Å²) in [5, 5.41) is 5.25. The van der Waals surface area contributed by atoms with Crippen LogP contribution >= 0.6 is 11.3 Å². The number of hydrogen-bond acceptors (Lipinski definition) is 5. The number of carbonyl (C=O) groups excluding carboxylic acids is 1. The van der Waals surface area contributed by atoms with Crippen molar-refractivity contribution in [1.82, 2.24) is 20.3 Å². The van der Waals surface area contributed by atoms with Gasteiger partial charge in [-0.05, 0) is 54.1 Å². The quantitative estimate of drug-likeness (QED) is 0.621. The van der Waals surface area contributed by atoms with Gasteiger partial charge in [0, 0.05) is 12.2 Å². The number of aromatic amines is 1. The Balaban J connectivity index is 1.60. The van der Waals surface area contributed by atoms with Crippen LogP contribution < -0.4 is 11.1 Å². The Morgan fingerprint density at radius 2 is 2.18 bits per heavy atom. The molecule has 28 heavy (non-hydrogen) atoms. The molecule has 0 aromatic carbocycles. The second-order valence-corrected chi connectivity index (χ2v) is 10.0. The van der Waals surface area contributed by atoms with Gasteiger partial charge in [-0.25, -0.2) is 9.97 Å². The van der Waals surface area contributed by atoms with E-state index in [0.29, 0.717) is 23.3 Å². The van der Waals surface area contributed by atoms with Crippen molar-refractivity contribution >= 4 is 28.4 Å². The lowest BCUT2D eigenvalue weighted by Gasteiger charge is -2.46. The van der Waals surface area contributed by atoms with E-state index in [9.17, 15) is 4.79 Å². The van der Waals surface area contributed by atoms with Crippen LogP contribution in [0.1, 0.15) is 50.4 Å². The van der Waals surface area contributed by atoms with Gasteiger partial charge in [-0.3, -0.25) is 4.79 Å². The molecule has 7 heteroatoms. The first-order valence-corrected chi connectivity index (χ1v) is 10.6. The molecule has 2 atom stereocenters. The summed E-state index contributed by atoms with van der Waals surface area (Å²) in [6.07, 6.45) is 4.58.